The fourth-order valence-corrected chi connectivity index (χ4v) is 3.47. The summed E-state index contributed by atoms with van der Waals surface area (Å²) in [6.07, 6.45) is 1.30. The van der Waals surface area contributed by atoms with Gasteiger partial charge in [0.15, 0.2) is 0 Å². The highest BCUT2D eigenvalue weighted by Gasteiger charge is 2.19. The van der Waals surface area contributed by atoms with Crippen molar-refractivity contribution < 1.29 is 9.90 Å². The van der Waals surface area contributed by atoms with E-state index in [0.717, 1.165) is 16.5 Å². The number of halogens is 1. The highest BCUT2D eigenvalue weighted by Crippen LogP contribution is 2.37. The lowest BCUT2D eigenvalue weighted by molar-refractivity contribution is 0.0934. The summed E-state index contributed by atoms with van der Waals surface area (Å²) in [5.41, 5.74) is 6.47. The lowest BCUT2D eigenvalue weighted by Gasteiger charge is -2.15. The molecule has 4 nitrogen and oxygen atoms in total. The maximum absolute atomic E-state index is 12.3. The molecular formula is C14H17ClN2O2S. The SMILES string of the molecule is CCC(CCO)NC(=O)c1sc2cccc(Cl)c2c1N. The van der Waals surface area contributed by atoms with Crippen molar-refractivity contribution >= 4 is 44.6 Å². The standard InChI is InChI=1S/C14H17ClN2O2S/c1-2-8(6-7-18)17-14(19)13-12(16)11-9(15)4-3-5-10(11)20-13/h3-5,8,18H,2,6-7,16H2,1H3,(H,17,19). The van der Waals surface area contributed by atoms with Crippen molar-refractivity contribution in [1.29, 1.82) is 0 Å². The molecule has 0 aliphatic rings. The molecule has 1 aromatic heterocycles. The van der Waals surface area contributed by atoms with Crippen LogP contribution in [0.25, 0.3) is 10.1 Å². The van der Waals surface area contributed by atoms with E-state index in [4.69, 9.17) is 22.4 Å². The number of aliphatic hydroxyl groups is 1. The van der Waals surface area contributed by atoms with Gasteiger partial charge in [0.05, 0.1) is 10.7 Å². The highest BCUT2D eigenvalue weighted by molar-refractivity contribution is 7.21. The number of thiophene rings is 1. The van der Waals surface area contributed by atoms with Gasteiger partial charge in [-0.2, -0.15) is 0 Å². The Labute approximate surface area is 126 Å². The van der Waals surface area contributed by atoms with Crippen LogP contribution in [0.2, 0.25) is 5.02 Å². The van der Waals surface area contributed by atoms with Crippen molar-refractivity contribution in [3.8, 4) is 0 Å². The van der Waals surface area contributed by atoms with Crippen LogP contribution in [-0.4, -0.2) is 23.7 Å². The second-order valence-electron chi connectivity index (χ2n) is 4.55. The first kappa shape index (κ1) is 15.1. The van der Waals surface area contributed by atoms with E-state index in [1.54, 1.807) is 6.07 Å². The number of hydrogen-bond acceptors (Lipinski definition) is 4. The Bertz CT molecular complexity index is 627. The third-order valence-electron chi connectivity index (χ3n) is 3.21. The molecule has 0 aliphatic heterocycles. The van der Waals surface area contributed by atoms with Gasteiger partial charge in [-0.25, -0.2) is 0 Å². The van der Waals surface area contributed by atoms with Gasteiger partial charge in [0, 0.05) is 22.7 Å². The Morgan fingerprint density at radius 1 is 1.55 bits per heavy atom. The van der Waals surface area contributed by atoms with Crippen molar-refractivity contribution in [2.75, 3.05) is 12.3 Å². The summed E-state index contributed by atoms with van der Waals surface area (Å²) in [6.45, 7) is 2.01. The van der Waals surface area contributed by atoms with E-state index < -0.39 is 0 Å². The molecule has 2 rings (SSSR count). The van der Waals surface area contributed by atoms with Gasteiger partial charge in [-0.1, -0.05) is 24.6 Å². The molecule has 2 aromatic rings. The van der Waals surface area contributed by atoms with E-state index in [1.807, 2.05) is 19.1 Å². The number of aliphatic hydroxyl groups excluding tert-OH is 1. The first-order valence-electron chi connectivity index (χ1n) is 6.46. The molecule has 0 spiro atoms. The number of carbonyl (C=O) groups excluding carboxylic acids is 1. The lowest BCUT2D eigenvalue weighted by atomic mass is 10.1. The summed E-state index contributed by atoms with van der Waals surface area (Å²) in [5, 5.41) is 13.1. The van der Waals surface area contributed by atoms with E-state index in [-0.39, 0.29) is 18.6 Å². The Balaban J connectivity index is 2.31. The average Bonchev–Trinajstić information content (AvgIpc) is 2.77. The predicted octanol–water partition coefficient (Wildman–Crippen LogP) is 3.03. The van der Waals surface area contributed by atoms with Crippen LogP contribution in [0.1, 0.15) is 29.4 Å². The zero-order chi connectivity index (χ0) is 14.7. The zero-order valence-corrected chi connectivity index (χ0v) is 12.7. The molecule has 0 saturated carbocycles. The molecule has 0 bridgehead atoms. The average molecular weight is 313 g/mol. The van der Waals surface area contributed by atoms with Crippen LogP contribution >= 0.6 is 22.9 Å². The van der Waals surface area contributed by atoms with Crippen molar-refractivity contribution in [2.45, 2.75) is 25.8 Å². The largest absolute Gasteiger partial charge is 0.397 e. The molecule has 1 amide bonds. The molecule has 1 atom stereocenters. The Morgan fingerprint density at radius 2 is 2.30 bits per heavy atom. The molecular weight excluding hydrogens is 296 g/mol. The minimum Gasteiger partial charge on any atom is -0.397 e. The van der Waals surface area contributed by atoms with Crippen LogP contribution < -0.4 is 11.1 Å². The van der Waals surface area contributed by atoms with Gasteiger partial charge >= 0.3 is 0 Å². The number of carbonyl (C=O) groups is 1. The number of nitrogen functional groups attached to an aromatic ring is 1. The van der Waals surface area contributed by atoms with Gasteiger partial charge in [-0.15, -0.1) is 11.3 Å². The quantitative estimate of drug-likeness (QED) is 0.794. The third-order valence-corrected chi connectivity index (χ3v) is 4.70. The third kappa shape index (κ3) is 2.90. The van der Waals surface area contributed by atoms with Crippen LogP contribution in [0.15, 0.2) is 18.2 Å². The van der Waals surface area contributed by atoms with Crippen LogP contribution in [0.5, 0.6) is 0 Å². The minimum atomic E-state index is -0.208. The normalized spacial score (nSPS) is 12.6. The van der Waals surface area contributed by atoms with E-state index in [2.05, 4.69) is 5.32 Å². The molecule has 20 heavy (non-hydrogen) atoms. The maximum atomic E-state index is 12.3. The first-order chi connectivity index (χ1) is 9.58. The van der Waals surface area contributed by atoms with E-state index in [0.29, 0.717) is 22.0 Å². The first-order valence-corrected chi connectivity index (χ1v) is 7.66. The van der Waals surface area contributed by atoms with Crippen LogP contribution in [-0.2, 0) is 0 Å². The molecule has 0 fully saturated rings. The van der Waals surface area contributed by atoms with Gasteiger partial charge in [-0.05, 0) is 25.0 Å². The molecule has 0 radical (unpaired) electrons. The molecule has 1 heterocycles. The molecule has 0 aliphatic carbocycles. The number of rotatable bonds is 5. The Kier molecular flexibility index (Phi) is 4.86. The van der Waals surface area contributed by atoms with Crippen molar-refractivity contribution in [1.82, 2.24) is 5.32 Å². The molecule has 1 unspecified atom stereocenters. The van der Waals surface area contributed by atoms with Gasteiger partial charge in [0.2, 0.25) is 0 Å². The minimum absolute atomic E-state index is 0.0481. The second-order valence-corrected chi connectivity index (χ2v) is 6.01. The molecule has 0 saturated heterocycles. The second kappa shape index (κ2) is 6.43. The maximum Gasteiger partial charge on any atom is 0.263 e. The van der Waals surface area contributed by atoms with Crippen LogP contribution in [0.3, 0.4) is 0 Å². The van der Waals surface area contributed by atoms with Crippen LogP contribution in [0, 0.1) is 0 Å². The van der Waals surface area contributed by atoms with Gasteiger partial charge < -0.3 is 16.2 Å². The smallest absolute Gasteiger partial charge is 0.263 e. The fourth-order valence-electron chi connectivity index (χ4n) is 2.08. The van der Waals surface area contributed by atoms with E-state index in [9.17, 15) is 4.79 Å². The summed E-state index contributed by atoms with van der Waals surface area (Å²) in [6, 6.07) is 5.44. The lowest BCUT2D eigenvalue weighted by Crippen LogP contribution is -2.34. The van der Waals surface area contributed by atoms with E-state index >= 15 is 0 Å². The summed E-state index contributed by atoms with van der Waals surface area (Å²) in [7, 11) is 0. The number of fused-ring (bicyclic) bond motifs is 1. The van der Waals surface area contributed by atoms with E-state index in [1.165, 1.54) is 11.3 Å². The highest BCUT2D eigenvalue weighted by atomic mass is 35.5. The number of hydrogen-bond donors (Lipinski definition) is 3. The van der Waals surface area contributed by atoms with Crippen molar-refractivity contribution in [3.05, 3.63) is 28.1 Å². The van der Waals surface area contributed by atoms with Crippen molar-refractivity contribution in [2.24, 2.45) is 0 Å². The fraction of sp³-hybridized carbons (Fsp3) is 0.357. The summed E-state index contributed by atoms with van der Waals surface area (Å²) in [5.74, 6) is -0.208. The zero-order valence-electron chi connectivity index (χ0n) is 11.1. The number of amides is 1. The van der Waals surface area contributed by atoms with Gasteiger partial charge in [0.1, 0.15) is 4.88 Å². The number of nitrogens with two attached hydrogens (primary N) is 1. The Hall–Kier alpha value is -1.30. The number of anilines is 1. The van der Waals surface area contributed by atoms with Gasteiger partial charge in [0.25, 0.3) is 5.91 Å². The topological polar surface area (TPSA) is 75.3 Å². The molecule has 6 heteroatoms. The summed E-state index contributed by atoms with van der Waals surface area (Å²) >= 11 is 7.46. The molecule has 4 N–H and O–H groups in total. The predicted molar refractivity (Wildman–Crippen MR) is 84.5 cm³/mol. The molecule has 1 aromatic carbocycles. The monoisotopic (exact) mass is 312 g/mol. The molecule has 108 valence electrons. The number of nitrogens with one attached hydrogen (secondary N) is 1. The van der Waals surface area contributed by atoms with Gasteiger partial charge in [-0.3, -0.25) is 4.79 Å². The number of benzene rings is 1. The summed E-state index contributed by atoms with van der Waals surface area (Å²) in [4.78, 5) is 12.8. The Morgan fingerprint density at radius 3 is 2.90 bits per heavy atom. The van der Waals surface area contributed by atoms with Crippen molar-refractivity contribution in [3.63, 3.8) is 0 Å². The summed E-state index contributed by atoms with van der Waals surface area (Å²) < 4.78 is 0.898. The van der Waals surface area contributed by atoms with Crippen LogP contribution in [0.4, 0.5) is 5.69 Å².